The van der Waals surface area contributed by atoms with Crippen LogP contribution in [0.2, 0.25) is 0 Å². The molecule has 0 aliphatic carbocycles. The van der Waals surface area contributed by atoms with Gasteiger partial charge in [-0.3, -0.25) is 24.0 Å². The van der Waals surface area contributed by atoms with Crippen LogP contribution >= 0.6 is 0 Å². The van der Waals surface area contributed by atoms with Crippen LogP contribution in [0.1, 0.15) is 39.2 Å². The highest BCUT2D eigenvalue weighted by atomic mass is 16.4. The molecule has 0 spiro atoms. The molecule has 4 atom stereocenters. The summed E-state index contributed by atoms with van der Waals surface area (Å²) >= 11 is 0. The molecule has 0 aromatic heterocycles. The number of nitrogens with two attached hydrogens (primary N) is 1. The van der Waals surface area contributed by atoms with Gasteiger partial charge in [-0.15, -0.1) is 0 Å². The lowest BCUT2D eigenvalue weighted by molar-refractivity contribution is -0.141. The maximum atomic E-state index is 12.9. The Bertz CT molecular complexity index is 900. The van der Waals surface area contributed by atoms with Gasteiger partial charge in [0.25, 0.3) is 0 Å². The number of aliphatic hydroxyl groups is 1. The molecule has 0 radical (unpaired) electrons. The number of benzene rings is 1. The number of rotatable bonds is 13. The fraction of sp³-hybridized carbons (Fsp3) is 0.435. The lowest BCUT2D eigenvalue weighted by atomic mass is 10.0. The minimum absolute atomic E-state index is 0.0182. The first kappa shape index (κ1) is 28.3. The van der Waals surface area contributed by atoms with E-state index in [9.17, 15) is 29.1 Å². The van der Waals surface area contributed by atoms with Gasteiger partial charge in [0, 0.05) is 6.08 Å². The summed E-state index contributed by atoms with van der Waals surface area (Å²) in [7, 11) is 0. The molecule has 0 aliphatic heterocycles. The topological polar surface area (TPSA) is 188 Å². The zero-order valence-corrected chi connectivity index (χ0v) is 19.4. The van der Waals surface area contributed by atoms with Crippen LogP contribution in [-0.4, -0.2) is 64.0 Å². The van der Waals surface area contributed by atoms with E-state index >= 15 is 0 Å². The normalized spacial score (nSPS) is 14.6. The molecule has 11 nitrogen and oxygen atoms in total. The van der Waals surface area contributed by atoms with Crippen molar-refractivity contribution in [1.82, 2.24) is 16.0 Å². The first-order valence-electron chi connectivity index (χ1n) is 10.7. The minimum Gasteiger partial charge on any atom is -0.481 e. The molecule has 0 heterocycles. The number of aliphatic hydroxyl groups excluding tert-OH is 1. The Morgan fingerprint density at radius 2 is 1.53 bits per heavy atom. The SMILES string of the molecule is CC(C)C[C@H](NC(=O)/C=C/c1ccccc1)C(=O)N[C@@H](CC(=O)O)C(=O)N[C@H](C(N)=O)[C@@H](C)O. The van der Waals surface area contributed by atoms with Crippen LogP contribution < -0.4 is 21.7 Å². The average Bonchev–Trinajstić information content (AvgIpc) is 2.74. The zero-order valence-electron chi connectivity index (χ0n) is 19.4. The van der Waals surface area contributed by atoms with E-state index in [0.29, 0.717) is 0 Å². The summed E-state index contributed by atoms with van der Waals surface area (Å²) in [5.74, 6) is -4.77. The summed E-state index contributed by atoms with van der Waals surface area (Å²) in [5, 5.41) is 25.8. The second-order valence-corrected chi connectivity index (χ2v) is 8.22. The average molecular weight is 477 g/mol. The molecular weight excluding hydrogens is 444 g/mol. The Balaban J connectivity index is 2.97. The van der Waals surface area contributed by atoms with Crippen molar-refractivity contribution in [2.45, 2.75) is 57.8 Å². The zero-order chi connectivity index (χ0) is 25.8. The highest BCUT2D eigenvalue weighted by Gasteiger charge is 2.32. The number of hydrogen-bond acceptors (Lipinski definition) is 6. The summed E-state index contributed by atoms with van der Waals surface area (Å²) in [6.07, 6.45) is 0.916. The predicted octanol–water partition coefficient (Wildman–Crippen LogP) is -0.459. The van der Waals surface area contributed by atoms with Crippen LogP contribution in [0.3, 0.4) is 0 Å². The van der Waals surface area contributed by atoms with E-state index in [0.717, 1.165) is 5.56 Å². The fourth-order valence-corrected chi connectivity index (χ4v) is 3.00. The van der Waals surface area contributed by atoms with Gasteiger partial charge in [0.2, 0.25) is 23.6 Å². The number of carbonyl (C=O) groups excluding carboxylic acids is 4. The van der Waals surface area contributed by atoms with Crippen molar-refractivity contribution in [2.24, 2.45) is 11.7 Å². The molecule has 186 valence electrons. The van der Waals surface area contributed by atoms with Gasteiger partial charge >= 0.3 is 5.97 Å². The lowest BCUT2D eigenvalue weighted by Crippen LogP contribution is -2.58. The molecule has 1 rings (SSSR count). The number of carbonyl (C=O) groups is 5. The van der Waals surface area contributed by atoms with E-state index in [-0.39, 0.29) is 12.3 Å². The molecular formula is C23H32N4O7. The number of hydrogen-bond donors (Lipinski definition) is 6. The van der Waals surface area contributed by atoms with E-state index in [4.69, 9.17) is 10.8 Å². The number of aliphatic carboxylic acids is 1. The molecule has 0 saturated carbocycles. The van der Waals surface area contributed by atoms with E-state index in [1.54, 1.807) is 30.3 Å². The number of nitrogens with one attached hydrogen (secondary N) is 3. The van der Waals surface area contributed by atoms with Crippen molar-refractivity contribution in [2.75, 3.05) is 0 Å². The van der Waals surface area contributed by atoms with Crippen LogP contribution in [0.4, 0.5) is 0 Å². The van der Waals surface area contributed by atoms with Crippen LogP contribution in [0, 0.1) is 5.92 Å². The van der Waals surface area contributed by atoms with Crippen molar-refractivity contribution in [3.63, 3.8) is 0 Å². The minimum atomic E-state index is -1.57. The Kier molecular flexibility index (Phi) is 11.4. The molecule has 0 fully saturated rings. The Morgan fingerprint density at radius 3 is 2.03 bits per heavy atom. The van der Waals surface area contributed by atoms with Crippen LogP contribution in [-0.2, 0) is 24.0 Å². The molecule has 0 bridgehead atoms. The van der Waals surface area contributed by atoms with Crippen LogP contribution in [0.15, 0.2) is 36.4 Å². The molecule has 7 N–H and O–H groups in total. The maximum Gasteiger partial charge on any atom is 0.305 e. The van der Waals surface area contributed by atoms with Gasteiger partial charge in [-0.2, -0.15) is 0 Å². The molecule has 0 unspecified atom stereocenters. The quantitative estimate of drug-likeness (QED) is 0.208. The van der Waals surface area contributed by atoms with Gasteiger partial charge < -0.3 is 31.9 Å². The molecule has 34 heavy (non-hydrogen) atoms. The van der Waals surface area contributed by atoms with Crippen LogP contribution in [0.5, 0.6) is 0 Å². The van der Waals surface area contributed by atoms with E-state index in [1.165, 1.54) is 13.0 Å². The highest BCUT2D eigenvalue weighted by molar-refractivity contribution is 5.98. The molecule has 0 saturated heterocycles. The maximum absolute atomic E-state index is 12.9. The first-order chi connectivity index (χ1) is 15.9. The van der Waals surface area contributed by atoms with Crippen molar-refractivity contribution >= 4 is 35.7 Å². The highest BCUT2D eigenvalue weighted by Crippen LogP contribution is 2.08. The molecule has 1 aromatic rings. The number of carboxylic acid groups (broad SMARTS) is 1. The van der Waals surface area contributed by atoms with Crippen molar-refractivity contribution in [3.8, 4) is 0 Å². The van der Waals surface area contributed by atoms with Crippen molar-refractivity contribution < 1.29 is 34.2 Å². The van der Waals surface area contributed by atoms with Gasteiger partial charge in [0.1, 0.15) is 18.1 Å². The second-order valence-electron chi connectivity index (χ2n) is 8.22. The van der Waals surface area contributed by atoms with E-state index in [1.807, 2.05) is 19.9 Å². The molecule has 0 aliphatic rings. The summed E-state index contributed by atoms with van der Waals surface area (Å²) in [6.45, 7) is 4.87. The summed E-state index contributed by atoms with van der Waals surface area (Å²) < 4.78 is 0. The smallest absolute Gasteiger partial charge is 0.305 e. The molecule has 11 heteroatoms. The van der Waals surface area contributed by atoms with E-state index in [2.05, 4.69) is 16.0 Å². The first-order valence-corrected chi connectivity index (χ1v) is 10.7. The summed E-state index contributed by atoms with van der Waals surface area (Å²) in [4.78, 5) is 60.5. The fourth-order valence-electron chi connectivity index (χ4n) is 3.00. The second kappa shape index (κ2) is 13.7. The van der Waals surface area contributed by atoms with Gasteiger partial charge in [0.15, 0.2) is 0 Å². The standard InChI is InChI=1S/C23H32N4O7/c1-13(2)11-16(25-18(29)10-9-15-7-5-4-6-8-15)22(33)26-17(12-19(30)31)23(34)27-20(14(3)28)21(24)32/h4-10,13-14,16-17,20,28H,11-12H2,1-3H3,(H2,24,32)(H,25,29)(H,26,33)(H,27,34)(H,30,31)/b10-9+/t14-,16+,17+,20+/m1/s1. The number of amides is 4. The van der Waals surface area contributed by atoms with Gasteiger partial charge in [-0.1, -0.05) is 44.2 Å². The van der Waals surface area contributed by atoms with Crippen LogP contribution in [0.25, 0.3) is 6.08 Å². The van der Waals surface area contributed by atoms with Gasteiger partial charge in [-0.25, -0.2) is 0 Å². The van der Waals surface area contributed by atoms with Crippen molar-refractivity contribution in [3.05, 3.63) is 42.0 Å². The Hall–Kier alpha value is -3.73. The summed E-state index contributed by atoms with van der Waals surface area (Å²) in [5.41, 5.74) is 5.93. The van der Waals surface area contributed by atoms with Crippen molar-refractivity contribution in [1.29, 1.82) is 0 Å². The van der Waals surface area contributed by atoms with Gasteiger partial charge in [0.05, 0.1) is 12.5 Å². The molecule has 1 aromatic carbocycles. The lowest BCUT2D eigenvalue weighted by Gasteiger charge is -2.25. The predicted molar refractivity (Wildman–Crippen MR) is 124 cm³/mol. The third-order valence-electron chi connectivity index (χ3n) is 4.67. The number of carboxylic acids is 1. The van der Waals surface area contributed by atoms with E-state index < -0.39 is 60.2 Å². The Morgan fingerprint density at radius 1 is 0.941 bits per heavy atom. The number of primary amides is 1. The third kappa shape index (κ3) is 10.3. The largest absolute Gasteiger partial charge is 0.481 e. The summed E-state index contributed by atoms with van der Waals surface area (Å²) in [6, 6.07) is 4.93. The monoisotopic (exact) mass is 476 g/mol. The molecule has 4 amide bonds. The van der Waals surface area contributed by atoms with Gasteiger partial charge in [-0.05, 0) is 30.9 Å². The third-order valence-corrected chi connectivity index (χ3v) is 4.67. The Labute approximate surface area is 197 Å².